The van der Waals surface area contributed by atoms with Gasteiger partial charge in [-0.25, -0.2) is 14.5 Å². The molecule has 10 nitrogen and oxygen atoms in total. The molecule has 2 heterocycles. The number of anilines is 1. The second kappa shape index (κ2) is 8.78. The number of aryl methyl sites for hydroxylation is 1. The Bertz CT molecular complexity index is 1010. The van der Waals surface area contributed by atoms with E-state index in [1.54, 1.807) is 35.9 Å². The molecule has 1 amide bonds. The van der Waals surface area contributed by atoms with Crippen molar-refractivity contribution in [1.82, 2.24) is 25.2 Å². The Morgan fingerprint density at radius 1 is 1.24 bits per heavy atom. The molecule has 3 rings (SSSR count). The number of amides is 1. The molecule has 0 unspecified atom stereocenters. The monoisotopic (exact) mass is 416 g/mol. The zero-order chi connectivity index (χ0) is 21.0. The number of ether oxygens (including phenoxy) is 2. The van der Waals surface area contributed by atoms with Crippen LogP contribution >= 0.6 is 11.3 Å². The molecule has 0 aliphatic heterocycles. The largest absolute Gasteiger partial charge is 0.486 e. The molecule has 0 spiro atoms. The molecule has 0 fully saturated rings. The molecule has 0 atom stereocenters. The smallest absolute Gasteiger partial charge is 0.350 e. The lowest BCUT2D eigenvalue weighted by molar-refractivity contribution is 0.0605. The first-order chi connectivity index (χ1) is 13.9. The zero-order valence-electron chi connectivity index (χ0n) is 16.4. The Hall–Kier alpha value is -3.34. The van der Waals surface area contributed by atoms with Gasteiger partial charge in [0.1, 0.15) is 17.2 Å². The summed E-state index contributed by atoms with van der Waals surface area (Å²) in [6, 6.07) is 6.77. The summed E-state index contributed by atoms with van der Waals surface area (Å²) in [7, 11) is 1.30. The van der Waals surface area contributed by atoms with Crippen LogP contribution in [0.3, 0.4) is 0 Å². The lowest BCUT2D eigenvalue weighted by Crippen LogP contribution is -2.12. The van der Waals surface area contributed by atoms with Crippen LogP contribution in [0.4, 0.5) is 5.13 Å². The molecule has 3 aromatic rings. The van der Waals surface area contributed by atoms with Crippen LogP contribution in [0.25, 0.3) is 0 Å². The van der Waals surface area contributed by atoms with Gasteiger partial charge in [-0.1, -0.05) is 11.3 Å². The van der Waals surface area contributed by atoms with Crippen LogP contribution in [0.2, 0.25) is 0 Å². The van der Waals surface area contributed by atoms with Crippen molar-refractivity contribution >= 4 is 28.3 Å². The van der Waals surface area contributed by atoms with Crippen LogP contribution in [-0.4, -0.2) is 44.2 Å². The fourth-order valence-corrected chi connectivity index (χ4v) is 3.34. The number of nitrogens with one attached hydrogen (secondary N) is 1. The van der Waals surface area contributed by atoms with Crippen molar-refractivity contribution < 1.29 is 19.1 Å². The maximum Gasteiger partial charge on any atom is 0.350 e. The predicted molar refractivity (Wildman–Crippen MR) is 105 cm³/mol. The first kappa shape index (κ1) is 20.4. The van der Waals surface area contributed by atoms with Gasteiger partial charge >= 0.3 is 5.97 Å². The maximum absolute atomic E-state index is 12.4. The highest BCUT2D eigenvalue weighted by atomic mass is 32.1. The predicted octanol–water partition coefficient (Wildman–Crippen LogP) is 2.64. The molecule has 1 N–H and O–H groups in total. The minimum absolute atomic E-state index is 0.129. The zero-order valence-corrected chi connectivity index (χ0v) is 17.2. The van der Waals surface area contributed by atoms with Crippen molar-refractivity contribution in [2.45, 2.75) is 33.4 Å². The van der Waals surface area contributed by atoms with Gasteiger partial charge in [-0.3, -0.25) is 10.1 Å². The van der Waals surface area contributed by atoms with E-state index < -0.39 is 5.97 Å². The number of hydrogen-bond acceptors (Lipinski definition) is 9. The standard InChI is InChI=1S/C18H20N6O4S/c1-10(2)24-14(21-22-23-24)9-28-13-7-5-12(6-8-13)16(25)20-18-19-11(3)15(29-18)17(26)27-4/h5-8,10H,9H2,1-4H3,(H,19,20,25). The van der Waals surface area contributed by atoms with E-state index in [0.29, 0.717) is 32.8 Å². The molecule has 0 saturated carbocycles. The minimum atomic E-state index is -0.481. The van der Waals surface area contributed by atoms with E-state index in [0.717, 1.165) is 11.3 Å². The number of methoxy groups -OCH3 is 1. The molecule has 0 aliphatic rings. The van der Waals surface area contributed by atoms with Gasteiger partial charge < -0.3 is 9.47 Å². The molecule has 0 saturated heterocycles. The third-order valence-electron chi connectivity index (χ3n) is 3.92. The SMILES string of the molecule is COC(=O)c1sc(NC(=O)c2ccc(OCc3nnnn3C(C)C)cc2)nc1C. The molecule has 2 aromatic heterocycles. The lowest BCUT2D eigenvalue weighted by atomic mass is 10.2. The van der Waals surface area contributed by atoms with Crippen molar-refractivity contribution in [2.24, 2.45) is 0 Å². The number of hydrogen-bond donors (Lipinski definition) is 1. The summed E-state index contributed by atoms with van der Waals surface area (Å²) in [5.41, 5.74) is 0.932. The van der Waals surface area contributed by atoms with Crippen LogP contribution in [0.5, 0.6) is 5.75 Å². The van der Waals surface area contributed by atoms with Gasteiger partial charge in [-0.15, -0.1) is 5.10 Å². The molecular weight excluding hydrogens is 396 g/mol. The second-order valence-electron chi connectivity index (χ2n) is 6.33. The summed E-state index contributed by atoms with van der Waals surface area (Å²) < 4.78 is 12.1. The Morgan fingerprint density at radius 3 is 2.62 bits per heavy atom. The topological polar surface area (TPSA) is 121 Å². The molecule has 0 aliphatic carbocycles. The van der Waals surface area contributed by atoms with Gasteiger partial charge in [0.2, 0.25) is 0 Å². The molecule has 1 aromatic carbocycles. The molecule has 152 valence electrons. The first-order valence-corrected chi connectivity index (χ1v) is 9.57. The summed E-state index contributed by atoms with van der Waals surface area (Å²) in [5, 5.41) is 14.5. The second-order valence-corrected chi connectivity index (χ2v) is 7.32. The fraction of sp³-hybridized carbons (Fsp3) is 0.333. The van der Waals surface area contributed by atoms with Gasteiger partial charge in [-0.2, -0.15) is 0 Å². The number of tetrazole rings is 1. The number of esters is 1. The Labute approximate surface area is 170 Å². The summed E-state index contributed by atoms with van der Waals surface area (Å²) in [6.07, 6.45) is 0. The van der Waals surface area contributed by atoms with Crippen LogP contribution < -0.4 is 10.1 Å². The van der Waals surface area contributed by atoms with Gasteiger partial charge in [0.15, 0.2) is 11.0 Å². The summed E-state index contributed by atoms with van der Waals surface area (Å²) in [4.78, 5) is 28.6. The summed E-state index contributed by atoms with van der Waals surface area (Å²) >= 11 is 1.07. The van der Waals surface area contributed by atoms with Gasteiger partial charge in [-0.05, 0) is 55.5 Å². The van der Waals surface area contributed by atoms with Crippen LogP contribution in [0.1, 0.15) is 51.4 Å². The number of aromatic nitrogens is 5. The molecule has 29 heavy (non-hydrogen) atoms. The number of carbonyl (C=O) groups is 2. The number of rotatable bonds is 7. The molecule has 11 heteroatoms. The third kappa shape index (κ3) is 4.74. The average Bonchev–Trinajstić information content (AvgIpc) is 3.32. The summed E-state index contributed by atoms with van der Waals surface area (Å²) in [6.45, 7) is 5.85. The van der Waals surface area contributed by atoms with Crippen molar-refractivity contribution in [3.63, 3.8) is 0 Å². The highest BCUT2D eigenvalue weighted by molar-refractivity contribution is 7.17. The molecular formula is C18H20N6O4S. The quantitative estimate of drug-likeness (QED) is 0.584. The van der Waals surface area contributed by atoms with Crippen LogP contribution in [0.15, 0.2) is 24.3 Å². The van der Waals surface area contributed by atoms with E-state index >= 15 is 0 Å². The van der Waals surface area contributed by atoms with E-state index in [4.69, 9.17) is 9.47 Å². The van der Waals surface area contributed by atoms with Crippen molar-refractivity contribution in [3.8, 4) is 5.75 Å². The maximum atomic E-state index is 12.4. The normalized spacial score (nSPS) is 10.8. The van der Waals surface area contributed by atoms with E-state index in [2.05, 4.69) is 25.8 Å². The van der Waals surface area contributed by atoms with Crippen LogP contribution in [-0.2, 0) is 11.3 Å². The summed E-state index contributed by atoms with van der Waals surface area (Å²) in [5.74, 6) is 0.372. The van der Waals surface area contributed by atoms with Crippen molar-refractivity contribution in [1.29, 1.82) is 0 Å². The average molecular weight is 416 g/mol. The minimum Gasteiger partial charge on any atom is -0.486 e. The number of thiazole rings is 1. The van der Waals surface area contributed by atoms with E-state index in [9.17, 15) is 9.59 Å². The molecule has 0 radical (unpaired) electrons. The van der Waals surface area contributed by atoms with E-state index in [1.807, 2.05) is 13.8 Å². The fourth-order valence-electron chi connectivity index (χ4n) is 2.46. The number of carbonyl (C=O) groups excluding carboxylic acids is 2. The third-order valence-corrected chi connectivity index (χ3v) is 4.98. The van der Waals surface area contributed by atoms with Gasteiger partial charge in [0.25, 0.3) is 5.91 Å². The van der Waals surface area contributed by atoms with Crippen molar-refractivity contribution in [3.05, 3.63) is 46.2 Å². The van der Waals surface area contributed by atoms with Crippen molar-refractivity contribution in [2.75, 3.05) is 12.4 Å². The first-order valence-electron chi connectivity index (χ1n) is 8.75. The van der Waals surface area contributed by atoms with Gasteiger partial charge in [0, 0.05) is 5.56 Å². The van der Waals surface area contributed by atoms with E-state index in [1.165, 1.54) is 7.11 Å². The van der Waals surface area contributed by atoms with Gasteiger partial charge in [0.05, 0.1) is 18.8 Å². The van der Waals surface area contributed by atoms with E-state index in [-0.39, 0.29) is 18.6 Å². The Morgan fingerprint density at radius 2 is 1.97 bits per heavy atom. The Balaban J connectivity index is 1.61. The number of benzene rings is 1. The Kier molecular flexibility index (Phi) is 6.17. The number of nitrogens with zero attached hydrogens (tertiary/aromatic N) is 5. The molecule has 0 bridgehead atoms. The van der Waals surface area contributed by atoms with Crippen LogP contribution in [0, 0.1) is 6.92 Å². The highest BCUT2D eigenvalue weighted by Crippen LogP contribution is 2.24. The highest BCUT2D eigenvalue weighted by Gasteiger charge is 2.17. The lowest BCUT2D eigenvalue weighted by Gasteiger charge is -2.09.